The summed E-state index contributed by atoms with van der Waals surface area (Å²) in [5.74, 6) is 0. The minimum Gasteiger partial charge on any atom is -0.399 e. The Kier molecular flexibility index (Phi) is 13.3. The molecule has 0 aliphatic rings. The smallest absolute Gasteiger partial charge is 0.0314 e. The van der Waals surface area contributed by atoms with Crippen molar-refractivity contribution in [3.8, 4) is 0 Å². The van der Waals surface area contributed by atoms with Gasteiger partial charge in [0.25, 0.3) is 0 Å². The van der Waals surface area contributed by atoms with Crippen molar-refractivity contribution in [2.24, 2.45) is 0 Å². The highest BCUT2D eigenvalue weighted by atomic mass is 14.5. The van der Waals surface area contributed by atoms with Gasteiger partial charge in [-0.15, -0.1) is 0 Å². The number of nitrogens with two attached hydrogens (primary N) is 2. The lowest BCUT2D eigenvalue weighted by molar-refractivity contribution is 0.664. The molecule has 0 atom stereocenters. The van der Waals surface area contributed by atoms with Gasteiger partial charge in [0.15, 0.2) is 0 Å². The van der Waals surface area contributed by atoms with Gasteiger partial charge in [-0.3, -0.25) is 0 Å². The van der Waals surface area contributed by atoms with Gasteiger partial charge in [0.1, 0.15) is 0 Å². The fourth-order valence-corrected chi connectivity index (χ4v) is 6.83. The van der Waals surface area contributed by atoms with Crippen molar-refractivity contribution in [2.45, 2.75) is 104 Å². The summed E-state index contributed by atoms with van der Waals surface area (Å²) in [7, 11) is 0. The van der Waals surface area contributed by atoms with Crippen LogP contribution in [0.2, 0.25) is 0 Å². The summed E-state index contributed by atoms with van der Waals surface area (Å²) >= 11 is 0. The fourth-order valence-electron chi connectivity index (χ4n) is 6.83. The lowest BCUT2D eigenvalue weighted by Crippen LogP contribution is -2.02. The Balaban J connectivity index is 1.33. The third-order valence-electron chi connectivity index (χ3n) is 9.73. The third kappa shape index (κ3) is 10.9. The summed E-state index contributed by atoms with van der Waals surface area (Å²) in [5, 5.41) is 0. The molecule has 4 N–H and O–H groups in total. The average molecular weight is 637 g/mol. The molecule has 0 aliphatic carbocycles. The first kappa shape index (κ1) is 35.0. The molecule has 2 heteroatoms. The van der Waals surface area contributed by atoms with Gasteiger partial charge in [0.05, 0.1) is 0 Å². The zero-order valence-corrected chi connectivity index (χ0v) is 29.4. The van der Waals surface area contributed by atoms with E-state index in [1.165, 1.54) is 107 Å². The minimum absolute atomic E-state index is 0.816. The molecule has 0 bridgehead atoms. The van der Waals surface area contributed by atoms with Gasteiger partial charge >= 0.3 is 0 Å². The standard InChI is InChI=1S/C46H56N2/c1-3-5-7-9-11-41-32-39(30-37-21-27-46(48)28-22-37)17-23-44(41)34-40-18-24-43(42(33-40)12-10-8-6-4-2)31-38-15-13-35(14-16-38)29-36-19-25-45(47)26-20-36/h13-28,32-33H,3-12,29-31,34,47-48H2,1-2H3. The Hall–Kier alpha value is -4.30. The van der Waals surface area contributed by atoms with Crippen molar-refractivity contribution in [2.75, 3.05) is 11.5 Å². The van der Waals surface area contributed by atoms with Crippen LogP contribution in [0.4, 0.5) is 11.4 Å². The van der Waals surface area contributed by atoms with E-state index in [1.807, 2.05) is 24.3 Å². The summed E-state index contributed by atoms with van der Waals surface area (Å²) < 4.78 is 0. The second kappa shape index (κ2) is 18.3. The van der Waals surface area contributed by atoms with E-state index in [0.717, 1.165) is 49.9 Å². The van der Waals surface area contributed by atoms with E-state index in [-0.39, 0.29) is 0 Å². The van der Waals surface area contributed by atoms with Gasteiger partial charge in [0, 0.05) is 11.4 Å². The fraction of sp³-hybridized carbons (Fsp3) is 0.348. The number of nitrogen functional groups attached to an aromatic ring is 2. The Labute approximate surface area is 290 Å². The highest BCUT2D eigenvalue weighted by Crippen LogP contribution is 2.25. The highest BCUT2D eigenvalue weighted by Gasteiger charge is 2.11. The van der Waals surface area contributed by atoms with Crippen molar-refractivity contribution in [1.29, 1.82) is 0 Å². The molecule has 48 heavy (non-hydrogen) atoms. The van der Waals surface area contributed by atoms with Gasteiger partial charge in [-0.1, -0.05) is 137 Å². The predicted octanol–water partition coefficient (Wildman–Crippen LogP) is 11.5. The summed E-state index contributed by atoms with van der Waals surface area (Å²) in [6.07, 6.45) is 16.4. The largest absolute Gasteiger partial charge is 0.399 e. The number of unbranched alkanes of at least 4 members (excludes halogenated alkanes) is 6. The number of benzene rings is 5. The van der Waals surface area contributed by atoms with E-state index in [4.69, 9.17) is 11.5 Å². The van der Waals surface area contributed by atoms with Crippen LogP contribution < -0.4 is 11.5 Å². The zero-order valence-electron chi connectivity index (χ0n) is 29.4. The molecule has 0 aromatic heterocycles. The van der Waals surface area contributed by atoms with Gasteiger partial charge in [0.2, 0.25) is 0 Å². The number of aryl methyl sites for hydroxylation is 2. The van der Waals surface area contributed by atoms with Crippen LogP contribution >= 0.6 is 0 Å². The molecular formula is C46H56N2. The molecule has 0 saturated heterocycles. The van der Waals surface area contributed by atoms with Crippen molar-refractivity contribution in [1.82, 2.24) is 0 Å². The van der Waals surface area contributed by atoms with Crippen LogP contribution in [0.3, 0.4) is 0 Å². The number of hydrogen-bond donors (Lipinski definition) is 2. The van der Waals surface area contributed by atoms with Gasteiger partial charge in [-0.25, -0.2) is 0 Å². The van der Waals surface area contributed by atoms with Gasteiger partial charge in [-0.05, 0) is 131 Å². The topological polar surface area (TPSA) is 52.0 Å². The molecule has 0 spiro atoms. The Morgan fingerprint density at radius 1 is 0.333 bits per heavy atom. The molecule has 0 unspecified atom stereocenters. The minimum atomic E-state index is 0.816. The number of anilines is 2. The maximum absolute atomic E-state index is 5.94. The first-order valence-corrected chi connectivity index (χ1v) is 18.5. The molecule has 0 amide bonds. The first-order valence-electron chi connectivity index (χ1n) is 18.5. The molecule has 5 rings (SSSR count). The van der Waals surface area contributed by atoms with Gasteiger partial charge < -0.3 is 11.5 Å². The van der Waals surface area contributed by atoms with Gasteiger partial charge in [-0.2, -0.15) is 0 Å². The quantitative estimate of drug-likeness (QED) is 0.0742. The van der Waals surface area contributed by atoms with E-state index in [2.05, 4.69) is 98.8 Å². The Morgan fingerprint density at radius 2 is 0.667 bits per heavy atom. The third-order valence-corrected chi connectivity index (χ3v) is 9.73. The van der Waals surface area contributed by atoms with Crippen LogP contribution in [0.5, 0.6) is 0 Å². The molecule has 5 aromatic rings. The number of hydrogen-bond acceptors (Lipinski definition) is 2. The highest BCUT2D eigenvalue weighted by molar-refractivity contribution is 5.44. The SMILES string of the molecule is CCCCCCc1cc(Cc2ccc(N)cc2)ccc1Cc1ccc(Cc2ccc(Cc3ccc(N)cc3)cc2)c(CCCCCC)c1. The van der Waals surface area contributed by atoms with Crippen LogP contribution in [0, 0.1) is 0 Å². The van der Waals surface area contributed by atoms with Crippen molar-refractivity contribution < 1.29 is 0 Å². The normalized spacial score (nSPS) is 11.2. The molecule has 0 saturated carbocycles. The average Bonchev–Trinajstić information content (AvgIpc) is 3.10. The maximum atomic E-state index is 5.94. The zero-order chi connectivity index (χ0) is 33.6. The lowest BCUT2D eigenvalue weighted by Gasteiger charge is -2.16. The molecule has 5 aromatic carbocycles. The van der Waals surface area contributed by atoms with E-state index in [0.29, 0.717) is 0 Å². The monoisotopic (exact) mass is 636 g/mol. The number of rotatable bonds is 18. The molecule has 0 heterocycles. The summed E-state index contributed by atoms with van der Waals surface area (Å²) in [6, 6.07) is 40.4. The molecule has 250 valence electrons. The Morgan fingerprint density at radius 3 is 1.10 bits per heavy atom. The summed E-state index contributed by atoms with van der Waals surface area (Å²) in [5.41, 5.74) is 27.6. The molecule has 0 fully saturated rings. The van der Waals surface area contributed by atoms with Crippen LogP contribution in [-0.4, -0.2) is 0 Å². The predicted molar refractivity (Wildman–Crippen MR) is 208 cm³/mol. The molecular weight excluding hydrogens is 581 g/mol. The molecule has 2 nitrogen and oxygen atoms in total. The van der Waals surface area contributed by atoms with E-state index in [9.17, 15) is 0 Å². The van der Waals surface area contributed by atoms with Crippen molar-refractivity contribution >= 4 is 11.4 Å². The molecule has 0 aliphatic heterocycles. The maximum Gasteiger partial charge on any atom is 0.0314 e. The lowest BCUT2D eigenvalue weighted by atomic mass is 9.89. The van der Waals surface area contributed by atoms with E-state index in [1.54, 1.807) is 0 Å². The van der Waals surface area contributed by atoms with Crippen LogP contribution in [0.1, 0.15) is 121 Å². The summed E-state index contributed by atoms with van der Waals surface area (Å²) in [6.45, 7) is 4.59. The second-order valence-electron chi connectivity index (χ2n) is 13.8. The first-order chi connectivity index (χ1) is 23.5. The van der Waals surface area contributed by atoms with Crippen molar-refractivity contribution in [3.63, 3.8) is 0 Å². The van der Waals surface area contributed by atoms with Crippen LogP contribution in [0.15, 0.2) is 109 Å². The van der Waals surface area contributed by atoms with E-state index >= 15 is 0 Å². The van der Waals surface area contributed by atoms with Crippen LogP contribution in [0.25, 0.3) is 0 Å². The summed E-state index contributed by atoms with van der Waals surface area (Å²) in [4.78, 5) is 0. The van der Waals surface area contributed by atoms with Crippen LogP contribution in [-0.2, 0) is 38.5 Å². The Bertz CT molecular complexity index is 1680. The van der Waals surface area contributed by atoms with Crippen molar-refractivity contribution in [3.05, 3.63) is 165 Å². The van der Waals surface area contributed by atoms with E-state index < -0.39 is 0 Å². The molecule has 0 radical (unpaired) electrons. The second-order valence-corrected chi connectivity index (χ2v) is 13.8.